The Labute approximate surface area is 145 Å². The van der Waals surface area contributed by atoms with Gasteiger partial charge >= 0.3 is 0 Å². The first-order chi connectivity index (χ1) is 11.7. The van der Waals surface area contributed by atoms with Crippen LogP contribution in [0.1, 0.15) is 15.9 Å². The van der Waals surface area contributed by atoms with Gasteiger partial charge in [0.25, 0.3) is 5.91 Å². The summed E-state index contributed by atoms with van der Waals surface area (Å²) in [5, 5.41) is 6.69. The molecule has 0 aliphatic heterocycles. The third-order valence-electron chi connectivity index (χ3n) is 3.73. The van der Waals surface area contributed by atoms with E-state index >= 15 is 0 Å². The van der Waals surface area contributed by atoms with Crippen molar-refractivity contribution in [3.05, 3.63) is 66.0 Å². The summed E-state index contributed by atoms with van der Waals surface area (Å²) < 4.78 is 0. The molecule has 0 radical (unpaired) electrons. The molecular formula is C18H18N4OS. The summed E-state index contributed by atoms with van der Waals surface area (Å²) in [4.78, 5) is 19.9. The molecule has 0 unspecified atom stereocenters. The maximum absolute atomic E-state index is 12.9. The van der Waals surface area contributed by atoms with E-state index in [0.717, 1.165) is 11.1 Å². The van der Waals surface area contributed by atoms with Gasteiger partial charge in [0.05, 0.1) is 5.56 Å². The molecule has 0 bridgehead atoms. The van der Waals surface area contributed by atoms with Crippen LogP contribution < -0.4 is 0 Å². The van der Waals surface area contributed by atoms with E-state index in [0.29, 0.717) is 17.9 Å². The van der Waals surface area contributed by atoms with Crippen molar-refractivity contribution in [2.45, 2.75) is 11.4 Å². The number of rotatable bonds is 5. The smallest absolute Gasteiger partial charge is 0.254 e. The lowest BCUT2D eigenvalue weighted by Gasteiger charge is -2.19. The van der Waals surface area contributed by atoms with Crippen LogP contribution >= 0.6 is 11.8 Å². The summed E-state index contributed by atoms with van der Waals surface area (Å²) in [6.45, 7) is 0.554. The van der Waals surface area contributed by atoms with Gasteiger partial charge < -0.3 is 4.90 Å². The number of benzene rings is 2. The molecule has 6 heteroatoms. The van der Waals surface area contributed by atoms with Gasteiger partial charge in [-0.3, -0.25) is 9.89 Å². The van der Waals surface area contributed by atoms with Crippen LogP contribution in [0.5, 0.6) is 0 Å². The Balaban J connectivity index is 1.84. The van der Waals surface area contributed by atoms with Gasteiger partial charge in [-0.2, -0.15) is 5.10 Å². The van der Waals surface area contributed by atoms with E-state index < -0.39 is 0 Å². The summed E-state index contributed by atoms with van der Waals surface area (Å²) in [5.74, 6) is 0.549. The number of aromatic amines is 1. The quantitative estimate of drug-likeness (QED) is 0.724. The van der Waals surface area contributed by atoms with E-state index in [-0.39, 0.29) is 5.91 Å². The minimum atomic E-state index is -0.0449. The number of amides is 1. The second-order valence-corrected chi connectivity index (χ2v) is 6.27. The van der Waals surface area contributed by atoms with E-state index in [1.807, 2.05) is 49.7 Å². The van der Waals surface area contributed by atoms with Crippen LogP contribution in [0.25, 0.3) is 11.4 Å². The fourth-order valence-corrected chi connectivity index (χ4v) is 3.02. The first kappa shape index (κ1) is 16.3. The van der Waals surface area contributed by atoms with Crippen molar-refractivity contribution in [3.63, 3.8) is 0 Å². The number of H-pyrrole nitrogens is 1. The Bertz CT molecular complexity index is 833. The molecule has 0 saturated carbocycles. The number of hydrogen-bond acceptors (Lipinski definition) is 4. The van der Waals surface area contributed by atoms with E-state index in [2.05, 4.69) is 27.3 Å². The molecule has 3 aromatic rings. The molecule has 1 N–H and O–H groups in total. The van der Waals surface area contributed by atoms with Crippen molar-refractivity contribution in [1.82, 2.24) is 20.1 Å². The molecule has 3 rings (SSSR count). The Morgan fingerprint density at radius 3 is 2.79 bits per heavy atom. The standard InChI is InChI=1S/C18H18N4OS/c1-22(11-13-6-5-7-14(10-13)24-2)18(23)16-9-4-3-8-15(16)17-19-12-20-21-17/h3-10,12H,11H2,1-2H3,(H,19,20,21). The van der Waals surface area contributed by atoms with Crippen LogP contribution in [0.3, 0.4) is 0 Å². The predicted molar refractivity (Wildman–Crippen MR) is 95.8 cm³/mol. The van der Waals surface area contributed by atoms with Gasteiger partial charge in [-0.25, -0.2) is 4.98 Å². The van der Waals surface area contributed by atoms with Crippen LogP contribution in [0.15, 0.2) is 59.8 Å². The zero-order chi connectivity index (χ0) is 16.9. The molecule has 1 aromatic heterocycles. The zero-order valence-electron chi connectivity index (χ0n) is 13.6. The molecule has 0 fully saturated rings. The van der Waals surface area contributed by atoms with Gasteiger partial charge in [-0.05, 0) is 30.0 Å². The molecule has 1 heterocycles. The average molecular weight is 338 g/mol. The van der Waals surface area contributed by atoms with E-state index in [4.69, 9.17) is 0 Å². The number of nitrogens with zero attached hydrogens (tertiary/aromatic N) is 3. The van der Waals surface area contributed by atoms with Crippen molar-refractivity contribution < 1.29 is 4.79 Å². The maximum Gasteiger partial charge on any atom is 0.254 e. The van der Waals surface area contributed by atoms with Crippen molar-refractivity contribution in [2.75, 3.05) is 13.3 Å². The molecule has 1 amide bonds. The second kappa shape index (κ2) is 7.31. The number of carbonyl (C=O) groups excluding carboxylic acids is 1. The number of thioether (sulfide) groups is 1. The fourth-order valence-electron chi connectivity index (χ4n) is 2.53. The van der Waals surface area contributed by atoms with E-state index in [1.54, 1.807) is 16.7 Å². The van der Waals surface area contributed by atoms with Gasteiger partial charge in [0.1, 0.15) is 6.33 Å². The molecule has 2 aromatic carbocycles. The molecule has 24 heavy (non-hydrogen) atoms. The van der Waals surface area contributed by atoms with Crippen molar-refractivity contribution in [2.24, 2.45) is 0 Å². The molecular weight excluding hydrogens is 320 g/mol. The topological polar surface area (TPSA) is 61.9 Å². The lowest BCUT2D eigenvalue weighted by molar-refractivity contribution is 0.0785. The van der Waals surface area contributed by atoms with Crippen LogP contribution in [0, 0.1) is 0 Å². The van der Waals surface area contributed by atoms with Gasteiger partial charge in [0.2, 0.25) is 0 Å². The number of carbonyl (C=O) groups is 1. The Morgan fingerprint density at radius 2 is 2.04 bits per heavy atom. The Hall–Kier alpha value is -2.60. The van der Waals surface area contributed by atoms with Crippen LogP contribution in [0.2, 0.25) is 0 Å². The highest BCUT2D eigenvalue weighted by Gasteiger charge is 2.18. The van der Waals surface area contributed by atoms with Crippen LogP contribution in [-0.4, -0.2) is 39.3 Å². The van der Waals surface area contributed by atoms with Gasteiger partial charge in [0.15, 0.2) is 5.82 Å². The average Bonchev–Trinajstić information content (AvgIpc) is 3.15. The number of hydrogen-bond donors (Lipinski definition) is 1. The molecule has 0 atom stereocenters. The van der Waals surface area contributed by atoms with Crippen LogP contribution in [0.4, 0.5) is 0 Å². The highest BCUT2D eigenvalue weighted by atomic mass is 32.2. The lowest BCUT2D eigenvalue weighted by Crippen LogP contribution is -2.26. The van der Waals surface area contributed by atoms with Gasteiger partial charge in [0, 0.05) is 24.1 Å². The highest BCUT2D eigenvalue weighted by Crippen LogP contribution is 2.22. The lowest BCUT2D eigenvalue weighted by atomic mass is 10.1. The number of aromatic nitrogens is 3. The first-order valence-corrected chi connectivity index (χ1v) is 8.74. The molecule has 122 valence electrons. The summed E-state index contributed by atoms with van der Waals surface area (Å²) in [5.41, 5.74) is 2.47. The van der Waals surface area contributed by atoms with Crippen molar-refractivity contribution in [3.8, 4) is 11.4 Å². The predicted octanol–water partition coefficient (Wildman–Crippen LogP) is 3.47. The second-order valence-electron chi connectivity index (χ2n) is 5.39. The van der Waals surface area contributed by atoms with Crippen molar-refractivity contribution in [1.29, 1.82) is 0 Å². The zero-order valence-corrected chi connectivity index (χ0v) is 14.4. The summed E-state index contributed by atoms with van der Waals surface area (Å²) >= 11 is 1.69. The first-order valence-electron chi connectivity index (χ1n) is 7.52. The summed E-state index contributed by atoms with van der Waals surface area (Å²) in [6.07, 6.45) is 3.48. The van der Waals surface area contributed by atoms with Gasteiger partial charge in [-0.15, -0.1) is 11.8 Å². The molecule has 0 aliphatic carbocycles. The SMILES string of the molecule is CSc1cccc(CN(C)C(=O)c2ccccc2-c2ncn[nH]2)c1. The summed E-state index contributed by atoms with van der Waals surface area (Å²) in [7, 11) is 1.81. The third-order valence-corrected chi connectivity index (χ3v) is 4.45. The monoisotopic (exact) mass is 338 g/mol. The Kier molecular flexibility index (Phi) is 4.96. The van der Waals surface area contributed by atoms with Crippen LogP contribution in [-0.2, 0) is 6.54 Å². The molecule has 0 aliphatic rings. The van der Waals surface area contributed by atoms with Crippen molar-refractivity contribution >= 4 is 17.7 Å². The largest absolute Gasteiger partial charge is 0.337 e. The maximum atomic E-state index is 12.9. The summed E-state index contributed by atoms with van der Waals surface area (Å²) in [6, 6.07) is 15.6. The van der Waals surface area contributed by atoms with E-state index in [9.17, 15) is 4.79 Å². The normalized spacial score (nSPS) is 10.6. The number of nitrogens with one attached hydrogen (secondary N) is 1. The highest BCUT2D eigenvalue weighted by molar-refractivity contribution is 7.98. The van der Waals surface area contributed by atoms with E-state index in [1.165, 1.54) is 11.2 Å². The fraction of sp³-hybridized carbons (Fsp3) is 0.167. The minimum absolute atomic E-state index is 0.0449. The van der Waals surface area contributed by atoms with Gasteiger partial charge in [-0.1, -0.05) is 30.3 Å². The molecule has 0 spiro atoms. The minimum Gasteiger partial charge on any atom is -0.337 e. The molecule has 5 nitrogen and oxygen atoms in total. The Morgan fingerprint density at radius 1 is 1.21 bits per heavy atom. The third kappa shape index (κ3) is 3.49. The molecule has 0 saturated heterocycles.